The van der Waals surface area contributed by atoms with E-state index in [0.717, 1.165) is 18.7 Å². The van der Waals surface area contributed by atoms with Crippen LogP contribution in [0.4, 0.5) is 0 Å². The van der Waals surface area contributed by atoms with E-state index in [2.05, 4.69) is 33.0 Å². The molecule has 0 saturated heterocycles. The molecule has 1 unspecified atom stereocenters. The molecule has 1 N–H and O–H groups in total. The Balaban J connectivity index is 4.07. The van der Waals surface area contributed by atoms with Crippen molar-refractivity contribution in [3.8, 4) is 0 Å². The number of hydrogen-bond acceptors (Lipinski definition) is 4. The van der Waals surface area contributed by atoms with Gasteiger partial charge in [0.05, 0.1) is 7.11 Å². The highest BCUT2D eigenvalue weighted by atomic mass is 32.2. The van der Waals surface area contributed by atoms with Gasteiger partial charge in [-0.3, -0.25) is 4.79 Å². The lowest BCUT2D eigenvalue weighted by Gasteiger charge is -2.22. The Kier molecular flexibility index (Phi) is 7.02. The van der Waals surface area contributed by atoms with Gasteiger partial charge in [0.15, 0.2) is 0 Å². The second-order valence-electron chi connectivity index (χ2n) is 4.45. The standard InChI is InChI=1S/C11H23NO2S/c1-6-7-12-9(10(13)14-5)8-15-11(2,3)4/h9,12H,6-8H2,1-5H3. The number of carbonyl (C=O) groups excluding carboxylic acids is 1. The number of rotatable bonds is 6. The van der Waals surface area contributed by atoms with E-state index >= 15 is 0 Å². The van der Waals surface area contributed by atoms with Crippen LogP contribution in [0.25, 0.3) is 0 Å². The Morgan fingerprint density at radius 1 is 1.47 bits per heavy atom. The fourth-order valence-corrected chi connectivity index (χ4v) is 1.93. The molecule has 0 aliphatic heterocycles. The number of esters is 1. The van der Waals surface area contributed by atoms with Crippen LogP contribution in [0.3, 0.4) is 0 Å². The largest absolute Gasteiger partial charge is 0.468 e. The van der Waals surface area contributed by atoms with E-state index in [1.165, 1.54) is 7.11 Å². The van der Waals surface area contributed by atoms with Crippen molar-refractivity contribution in [3.05, 3.63) is 0 Å². The van der Waals surface area contributed by atoms with Crippen molar-refractivity contribution in [2.24, 2.45) is 0 Å². The highest BCUT2D eigenvalue weighted by Gasteiger charge is 2.21. The molecule has 0 spiro atoms. The Morgan fingerprint density at radius 3 is 2.47 bits per heavy atom. The van der Waals surface area contributed by atoms with E-state index in [0.29, 0.717) is 0 Å². The minimum absolute atomic E-state index is 0.166. The van der Waals surface area contributed by atoms with Crippen LogP contribution in [-0.2, 0) is 9.53 Å². The van der Waals surface area contributed by atoms with Crippen molar-refractivity contribution in [1.29, 1.82) is 0 Å². The lowest BCUT2D eigenvalue weighted by Crippen LogP contribution is -2.40. The Hall–Kier alpha value is -0.220. The van der Waals surface area contributed by atoms with Crippen LogP contribution < -0.4 is 5.32 Å². The van der Waals surface area contributed by atoms with E-state index in [9.17, 15) is 4.79 Å². The molecule has 0 fully saturated rings. The van der Waals surface area contributed by atoms with Crippen molar-refractivity contribution in [2.75, 3.05) is 19.4 Å². The fraction of sp³-hybridized carbons (Fsp3) is 0.909. The first-order valence-electron chi connectivity index (χ1n) is 5.36. The molecule has 0 amide bonds. The maximum atomic E-state index is 11.4. The van der Waals surface area contributed by atoms with E-state index in [-0.39, 0.29) is 16.8 Å². The van der Waals surface area contributed by atoms with Crippen molar-refractivity contribution in [2.45, 2.75) is 44.9 Å². The summed E-state index contributed by atoms with van der Waals surface area (Å²) in [5, 5.41) is 3.20. The van der Waals surface area contributed by atoms with Crippen LogP contribution >= 0.6 is 11.8 Å². The molecule has 0 aromatic heterocycles. The van der Waals surface area contributed by atoms with Crippen LogP contribution in [0.15, 0.2) is 0 Å². The molecule has 0 heterocycles. The zero-order valence-electron chi connectivity index (χ0n) is 10.4. The molecule has 0 radical (unpaired) electrons. The van der Waals surface area contributed by atoms with Gasteiger partial charge in [0, 0.05) is 10.5 Å². The molecule has 1 atom stereocenters. The second-order valence-corrected chi connectivity index (χ2v) is 6.30. The van der Waals surface area contributed by atoms with Gasteiger partial charge in [0.1, 0.15) is 6.04 Å². The molecule has 0 aromatic rings. The molecular weight excluding hydrogens is 210 g/mol. The number of methoxy groups -OCH3 is 1. The highest BCUT2D eigenvalue weighted by Crippen LogP contribution is 2.23. The van der Waals surface area contributed by atoms with E-state index < -0.39 is 0 Å². The molecule has 0 rings (SSSR count). The molecule has 0 aliphatic rings. The predicted molar refractivity (Wildman–Crippen MR) is 66.3 cm³/mol. The lowest BCUT2D eigenvalue weighted by molar-refractivity contribution is -0.142. The van der Waals surface area contributed by atoms with Gasteiger partial charge >= 0.3 is 5.97 Å². The molecule has 15 heavy (non-hydrogen) atoms. The molecule has 0 bridgehead atoms. The normalized spacial score (nSPS) is 13.7. The molecule has 0 saturated carbocycles. The molecule has 4 heteroatoms. The average molecular weight is 233 g/mol. The number of ether oxygens (including phenoxy) is 1. The van der Waals surface area contributed by atoms with Crippen molar-refractivity contribution < 1.29 is 9.53 Å². The maximum Gasteiger partial charge on any atom is 0.323 e. The topological polar surface area (TPSA) is 38.3 Å². The summed E-state index contributed by atoms with van der Waals surface area (Å²) in [5.74, 6) is 0.594. The third kappa shape index (κ3) is 7.68. The van der Waals surface area contributed by atoms with Gasteiger partial charge in [-0.1, -0.05) is 27.7 Å². The zero-order chi connectivity index (χ0) is 11.9. The predicted octanol–water partition coefficient (Wildman–Crippen LogP) is 2.06. The van der Waals surface area contributed by atoms with Crippen molar-refractivity contribution in [3.63, 3.8) is 0 Å². The summed E-state index contributed by atoms with van der Waals surface area (Å²) < 4.78 is 4.94. The van der Waals surface area contributed by atoms with Crippen LogP contribution in [0, 0.1) is 0 Å². The van der Waals surface area contributed by atoms with Gasteiger partial charge in [0.2, 0.25) is 0 Å². The Morgan fingerprint density at radius 2 is 2.07 bits per heavy atom. The quantitative estimate of drug-likeness (QED) is 0.713. The lowest BCUT2D eigenvalue weighted by atomic mass is 10.3. The maximum absolute atomic E-state index is 11.4. The van der Waals surface area contributed by atoms with Crippen LogP contribution in [0.5, 0.6) is 0 Å². The van der Waals surface area contributed by atoms with E-state index in [4.69, 9.17) is 4.74 Å². The number of thioether (sulfide) groups is 1. The van der Waals surface area contributed by atoms with Crippen LogP contribution in [-0.4, -0.2) is 36.2 Å². The number of carbonyl (C=O) groups is 1. The second kappa shape index (κ2) is 7.12. The summed E-state index contributed by atoms with van der Waals surface area (Å²) in [6.07, 6.45) is 1.02. The Bertz CT molecular complexity index is 190. The molecule has 90 valence electrons. The SMILES string of the molecule is CCCNC(CSC(C)(C)C)C(=O)OC. The van der Waals surface area contributed by atoms with Crippen LogP contribution in [0.2, 0.25) is 0 Å². The summed E-state index contributed by atoms with van der Waals surface area (Å²) in [7, 11) is 1.44. The van der Waals surface area contributed by atoms with E-state index in [1.54, 1.807) is 11.8 Å². The van der Waals surface area contributed by atoms with Gasteiger partial charge in [-0.05, 0) is 13.0 Å². The minimum Gasteiger partial charge on any atom is -0.468 e. The van der Waals surface area contributed by atoms with Crippen molar-refractivity contribution in [1.82, 2.24) is 5.32 Å². The van der Waals surface area contributed by atoms with E-state index in [1.807, 2.05) is 0 Å². The number of nitrogens with one attached hydrogen (secondary N) is 1. The monoisotopic (exact) mass is 233 g/mol. The molecule has 0 aliphatic carbocycles. The fourth-order valence-electron chi connectivity index (χ4n) is 1.00. The van der Waals surface area contributed by atoms with Gasteiger partial charge in [-0.2, -0.15) is 11.8 Å². The smallest absolute Gasteiger partial charge is 0.323 e. The van der Waals surface area contributed by atoms with Gasteiger partial charge in [0.25, 0.3) is 0 Å². The zero-order valence-corrected chi connectivity index (χ0v) is 11.2. The first-order valence-corrected chi connectivity index (χ1v) is 6.34. The molecule has 0 aromatic carbocycles. The average Bonchev–Trinajstić information content (AvgIpc) is 2.15. The summed E-state index contributed by atoms with van der Waals surface area (Å²) in [6.45, 7) is 9.37. The third-order valence-electron chi connectivity index (χ3n) is 1.81. The highest BCUT2D eigenvalue weighted by molar-refractivity contribution is 8.00. The molecule has 3 nitrogen and oxygen atoms in total. The van der Waals surface area contributed by atoms with Crippen molar-refractivity contribution >= 4 is 17.7 Å². The Labute approximate surface area is 97.3 Å². The molecular formula is C11H23NO2S. The summed E-state index contributed by atoms with van der Waals surface area (Å²) in [4.78, 5) is 11.4. The minimum atomic E-state index is -0.181. The first kappa shape index (κ1) is 14.8. The summed E-state index contributed by atoms with van der Waals surface area (Å²) in [6, 6.07) is -0.181. The first-order chi connectivity index (χ1) is 6.90. The summed E-state index contributed by atoms with van der Waals surface area (Å²) in [5.41, 5.74) is 0. The van der Waals surface area contributed by atoms with Gasteiger partial charge < -0.3 is 10.1 Å². The summed E-state index contributed by atoms with van der Waals surface area (Å²) >= 11 is 1.77. The third-order valence-corrected chi connectivity index (χ3v) is 3.18. The number of hydrogen-bond donors (Lipinski definition) is 1. The van der Waals surface area contributed by atoms with Crippen LogP contribution in [0.1, 0.15) is 34.1 Å². The van der Waals surface area contributed by atoms with Gasteiger partial charge in [-0.15, -0.1) is 0 Å². The van der Waals surface area contributed by atoms with Gasteiger partial charge in [-0.25, -0.2) is 0 Å².